The minimum atomic E-state index is -4.03. The Hall–Kier alpha value is -4.31. The number of benzene rings is 1. The first-order valence-electron chi connectivity index (χ1n) is 11.9. The highest BCUT2D eigenvalue weighted by atomic mass is 32.2. The van der Waals surface area contributed by atoms with Gasteiger partial charge in [-0.05, 0) is 26.0 Å². The van der Waals surface area contributed by atoms with Crippen LogP contribution in [0, 0.1) is 6.92 Å². The average Bonchev–Trinajstić information content (AvgIpc) is 3.36. The molecule has 2 aromatic heterocycles. The van der Waals surface area contributed by atoms with Crippen LogP contribution in [-0.2, 0) is 19.6 Å². The number of amides is 2. The van der Waals surface area contributed by atoms with Crippen LogP contribution in [0.2, 0.25) is 0 Å². The molecule has 1 aromatic carbocycles. The van der Waals surface area contributed by atoms with Gasteiger partial charge < -0.3 is 20.3 Å². The number of anilines is 4. The van der Waals surface area contributed by atoms with Crippen molar-refractivity contribution in [2.45, 2.75) is 18.7 Å². The van der Waals surface area contributed by atoms with Crippen molar-refractivity contribution in [2.24, 2.45) is 0 Å². The van der Waals surface area contributed by atoms with Crippen molar-refractivity contribution in [1.82, 2.24) is 24.6 Å². The summed E-state index contributed by atoms with van der Waals surface area (Å²) in [5, 5.41) is 8.95. The maximum atomic E-state index is 12.9. The van der Waals surface area contributed by atoms with Crippen LogP contribution in [0.3, 0.4) is 0 Å². The van der Waals surface area contributed by atoms with Crippen LogP contribution in [0.5, 0.6) is 0 Å². The third-order valence-corrected chi connectivity index (χ3v) is 8.71. The topological polar surface area (TPSA) is 176 Å². The van der Waals surface area contributed by atoms with Gasteiger partial charge in [0.05, 0.1) is 24.4 Å². The summed E-state index contributed by atoms with van der Waals surface area (Å²) in [4.78, 5) is 52.2. The number of rotatable bonds is 8. The monoisotopic (exact) mass is 572 g/mol. The molecule has 14 nitrogen and oxygen atoms in total. The maximum Gasteiger partial charge on any atom is 0.350 e. The fourth-order valence-electron chi connectivity index (χ4n) is 4.05. The van der Waals surface area contributed by atoms with E-state index in [0.29, 0.717) is 34.6 Å². The van der Waals surface area contributed by atoms with Crippen LogP contribution in [-0.4, -0.2) is 78.4 Å². The first kappa shape index (κ1) is 26.3. The van der Waals surface area contributed by atoms with Crippen LogP contribution < -0.4 is 20.9 Å². The van der Waals surface area contributed by atoms with Gasteiger partial charge in [-0.3, -0.25) is 14.9 Å². The van der Waals surface area contributed by atoms with Crippen molar-refractivity contribution in [3.63, 3.8) is 0 Å². The minimum Gasteiger partial charge on any atom is -0.462 e. The van der Waals surface area contributed by atoms with Gasteiger partial charge in [0.1, 0.15) is 28.1 Å². The normalized spacial score (nSPS) is 16.1. The molecule has 3 aromatic rings. The summed E-state index contributed by atoms with van der Waals surface area (Å²) >= 11 is 1.07. The number of carbonyl (C=O) groups excluding carboxylic acids is 3. The van der Waals surface area contributed by atoms with E-state index in [1.165, 1.54) is 12.1 Å². The van der Waals surface area contributed by atoms with Gasteiger partial charge >= 0.3 is 5.97 Å². The van der Waals surface area contributed by atoms with E-state index in [1.807, 2.05) is 0 Å². The average molecular weight is 573 g/mol. The van der Waals surface area contributed by atoms with Gasteiger partial charge in [0.15, 0.2) is 5.13 Å². The predicted molar refractivity (Wildman–Crippen MR) is 142 cm³/mol. The molecule has 0 unspecified atom stereocenters. The Kier molecular flexibility index (Phi) is 7.05. The van der Waals surface area contributed by atoms with Crippen molar-refractivity contribution in [2.75, 3.05) is 48.4 Å². The van der Waals surface area contributed by atoms with Gasteiger partial charge in [-0.25, -0.2) is 22.5 Å². The Bertz CT molecular complexity index is 1570. The number of hydrogen-bond acceptors (Lipinski definition) is 13. The van der Waals surface area contributed by atoms with E-state index in [1.54, 1.807) is 36.9 Å². The minimum absolute atomic E-state index is 0.0570. The number of carbonyl (C=O) groups is 3. The Morgan fingerprint density at radius 2 is 2.00 bits per heavy atom. The van der Waals surface area contributed by atoms with Crippen molar-refractivity contribution in [3.8, 4) is 0 Å². The molecule has 0 radical (unpaired) electrons. The van der Waals surface area contributed by atoms with Crippen LogP contribution in [0.15, 0.2) is 35.2 Å². The van der Waals surface area contributed by atoms with Gasteiger partial charge in [0.25, 0.3) is 15.9 Å². The number of piperazine rings is 1. The van der Waals surface area contributed by atoms with Crippen molar-refractivity contribution < 1.29 is 27.5 Å². The van der Waals surface area contributed by atoms with Crippen LogP contribution in [0.25, 0.3) is 0 Å². The number of sulfonamides is 1. The smallest absolute Gasteiger partial charge is 0.350 e. The highest BCUT2D eigenvalue weighted by Gasteiger charge is 2.40. The second-order valence-corrected chi connectivity index (χ2v) is 11.3. The number of ether oxygens (including phenoxy) is 1. The number of aryl methyl sites for hydroxylation is 1. The molecule has 0 atom stereocenters. The molecule has 3 N–H and O–H groups in total. The summed E-state index contributed by atoms with van der Waals surface area (Å²) in [7, 11) is -4.03. The van der Waals surface area contributed by atoms with E-state index < -0.39 is 21.9 Å². The van der Waals surface area contributed by atoms with Gasteiger partial charge in [0, 0.05) is 19.2 Å². The van der Waals surface area contributed by atoms with Crippen molar-refractivity contribution in [3.05, 3.63) is 46.5 Å². The maximum absolute atomic E-state index is 12.9. The molecule has 5 rings (SSSR count). The lowest BCUT2D eigenvalue weighted by atomic mass is 10.2. The summed E-state index contributed by atoms with van der Waals surface area (Å²) in [6.45, 7) is 4.20. The van der Waals surface area contributed by atoms with Gasteiger partial charge in [-0.15, -0.1) is 0 Å². The molecule has 2 aliphatic heterocycles. The fraction of sp³-hybridized carbons (Fsp3) is 0.304. The summed E-state index contributed by atoms with van der Waals surface area (Å²) < 4.78 is 31.7. The van der Waals surface area contributed by atoms with Gasteiger partial charge in [-0.2, -0.15) is 9.97 Å². The summed E-state index contributed by atoms with van der Waals surface area (Å²) in [6.07, 6.45) is 0. The lowest BCUT2D eigenvalue weighted by Crippen LogP contribution is -2.48. The lowest BCUT2D eigenvalue weighted by Gasteiger charge is -2.28. The Morgan fingerprint density at radius 1 is 1.21 bits per heavy atom. The first-order chi connectivity index (χ1) is 18.7. The van der Waals surface area contributed by atoms with Crippen molar-refractivity contribution in [1.29, 1.82) is 0 Å². The molecular weight excluding hydrogens is 548 g/mol. The summed E-state index contributed by atoms with van der Waals surface area (Å²) in [5.41, 5.74) is 0.571. The number of thiazole rings is 1. The molecule has 0 saturated carbocycles. The Morgan fingerprint density at radius 3 is 2.74 bits per heavy atom. The molecule has 0 spiro atoms. The van der Waals surface area contributed by atoms with E-state index >= 15 is 0 Å². The largest absolute Gasteiger partial charge is 0.462 e. The van der Waals surface area contributed by atoms with Crippen LogP contribution in [0.4, 0.5) is 22.7 Å². The third kappa shape index (κ3) is 5.20. The zero-order valence-electron chi connectivity index (χ0n) is 20.9. The zero-order chi connectivity index (χ0) is 27.7. The predicted octanol–water partition coefficient (Wildman–Crippen LogP) is 1.31. The molecule has 0 aliphatic carbocycles. The van der Waals surface area contributed by atoms with E-state index in [9.17, 15) is 22.8 Å². The molecule has 1 saturated heterocycles. The number of hydrogen-bond donors (Lipinski definition) is 3. The van der Waals surface area contributed by atoms with E-state index in [4.69, 9.17) is 4.74 Å². The molecule has 2 aliphatic rings. The molecular formula is C23H24N8O6S2. The van der Waals surface area contributed by atoms with Crippen LogP contribution >= 0.6 is 11.3 Å². The van der Waals surface area contributed by atoms with E-state index in [2.05, 4.69) is 30.9 Å². The van der Waals surface area contributed by atoms with Crippen molar-refractivity contribution >= 4 is 61.9 Å². The third-order valence-electron chi connectivity index (χ3n) is 5.87. The fourth-order valence-corrected chi connectivity index (χ4v) is 6.37. The summed E-state index contributed by atoms with van der Waals surface area (Å²) in [5.74, 6) is -0.638. The molecule has 204 valence electrons. The second kappa shape index (κ2) is 10.5. The lowest BCUT2D eigenvalue weighted by molar-refractivity contribution is -0.120. The number of aromatic nitrogens is 3. The molecule has 16 heteroatoms. The number of nitrogens with one attached hydrogen (secondary N) is 3. The van der Waals surface area contributed by atoms with E-state index in [-0.39, 0.29) is 48.0 Å². The van der Waals surface area contributed by atoms with Gasteiger partial charge in [0.2, 0.25) is 11.9 Å². The molecule has 2 amide bonds. The van der Waals surface area contributed by atoms with Crippen LogP contribution in [0.1, 0.15) is 32.6 Å². The SMILES string of the molecule is CCOC(=O)c1sc(Nc2nc(NCN3C(=O)c4ccccc4S3(=O)=O)cc(N3CCNC(=O)C3)n2)nc1C. The first-order valence-corrected chi connectivity index (χ1v) is 14.2. The van der Waals surface area contributed by atoms with E-state index in [0.717, 1.165) is 15.6 Å². The standard InChI is InChI=1S/C23H24N8O6S2/c1-3-37-21(34)19-13(2)26-23(38-19)29-22-27-16(10-17(28-22)30-9-8-24-18(32)11-30)25-12-31-20(33)14-6-4-5-7-15(14)39(31,35)36/h4-7,10H,3,8-9,11-12H2,1-2H3,(H,24,32)(H2,25,26,27,28,29). The zero-order valence-corrected chi connectivity index (χ0v) is 22.6. The number of nitrogens with zero attached hydrogens (tertiary/aromatic N) is 5. The number of esters is 1. The second-order valence-electron chi connectivity index (χ2n) is 8.48. The highest BCUT2D eigenvalue weighted by Crippen LogP contribution is 2.31. The quantitative estimate of drug-likeness (QED) is 0.331. The molecule has 1 fully saturated rings. The van der Waals surface area contributed by atoms with Gasteiger partial charge in [-0.1, -0.05) is 23.5 Å². The Labute approximate surface area is 227 Å². The number of fused-ring (bicyclic) bond motifs is 1. The summed E-state index contributed by atoms with van der Waals surface area (Å²) in [6, 6.07) is 7.55. The molecule has 4 heterocycles. The Balaban J connectivity index is 1.42. The molecule has 0 bridgehead atoms. The highest BCUT2D eigenvalue weighted by molar-refractivity contribution is 7.90. The molecule has 39 heavy (non-hydrogen) atoms.